The van der Waals surface area contributed by atoms with Crippen molar-refractivity contribution in [3.05, 3.63) is 108 Å². The van der Waals surface area contributed by atoms with Crippen LogP contribution in [0.25, 0.3) is 11.3 Å². The van der Waals surface area contributed by atoms with E-state index in [-0.39, 0.29) is 11.9 Å². The first-order valence-corrected chi connectivity index (χ1v) is 10.8. The summed E-state index contributed by atoms with van der Waals surface area (Å²) in [7, 11) is 1.37. The minimum atomic E-state index is -0.592. The molecule has 3 aromatic carbocycles. The third-order valence-electron chi connectivity index (χ3n) is 5.23. The maximum Gasteiger partial charge on any atom is 0.328 e. The van der Waals surface area contributed by atoms with Gasteiger partial charge in [0.25, 0.3) is 5.91 Å². The zero-order valence-corrected chi connectivity index (χ0v) is 18.6. The topological polar surface area (TPSA) is 93.2 Å². The van der Waals surface area contributed by atoms with E-state index >= 15 is 0 Å². The molecular weight excluding hydrogens is 428 g/mol. The number of nitrogens with zero attached hydrogens (tertiary/aromatic N) is 2. The Morgan fingerprint density at radius 1 is 0.882 bits per heavy atom. The number of anilines is 2. The average Bonchev–Trinajstić information content (AvgIpc) is 2.89. The maximum atomic E-state index is 12.3. The highest BCUT2D eigenvalue weighted by molar-refractivity contribution is 6.04. The summed E-state index contributed by atoms with van der Waals surface area (Å²) < 4.78 is 4.97. The van der Waals surface area contributed by atoms with E-state index in [1.165, 1.54) is 13.4 Å². The molecule has 7 heteroatoms. The fraction of sp³-hybridized carbons (Fsp3) is 0.111. The zero-order valence-electron chi connectivity index (χ0n) is 18.6. The number of nitrogens with one attached hydrogen (secondary N) is 2. The van der Waals surface area contributed by atoms with Gasteiger partial charge >= 0.3 is 5.97 Å². The highest BCUT2D eigenvalue weighted by Crippen LogP contribution is 2.22. The van der Waals surface area contributed by atoms with E-state index in [9.17, 15) is 9.59 Å². The molecule has 0 radical (unpaired) electrons. The molecule has 2 N–H and O–H groups in total. The van der Waals surface area contributed by atoms with Crippen molar-refractivity contribution in [3.8, 4) is 11.3 Å². The van der Waals surface area contributed by atoms with Crippen LogP contribution in [-0.4, -0.2) is 35.0 Å². The monoisotopic (exact) mass is 452 g/mol. The van der Waals surface area contributed by atoms with E-state index in [1.54, 1.807) is 18.2 Å². The Labute approximate surface area is 197 Å². The van der Waals surface area contributed by atoms with Gasteiger partial charge in [0, 0.05) is 29.3 Å². The fourth-order valence-corrected chi connectivity index (χ4v) is 3.48. The number of hydrogen-bond acceptors (Lipinski definition) is 6. The molecule has 0 aliphatic heterocycles. The van der Waals surface area contributed by atoms with Gasteiger partial charge in [-0.3, -0.25) is 4.79 Å². The van der Waals surface area contributed by atoms with Gasteiger partial charge in [0.15, 0.2) is 0 Å². The van der Waals surface area contributed by atoms with Gasteiger partial charge in [-0.25, -0.2) is 14.8 Å². The Morgan fingerprint density at radius 2 is 1.56 bits per heavy atom. The van der Waals surface area contributed by atoms with Crippen molar-refractivity contribution < 1.29 is 14.3 Å². The van der Waals surface area contributed by atoms with Crippen LogP contribution in [0.15, 0.2) is 97.3 Å². The molecule has 0 bridgehead atoms. The summed E-state index contributed by atoms with van der Waals surface area (Å²) >= 11 is 0. The third kappa shape index (κ3) is 5.83. The Bertz CT molecular complexity index is 1250. The quantitative estimate of drug-likeness (QED) is 0.380. The van der Waals surface area contributed by atoms with Crippen molar-refractivity contribution >= 4 is 23.4 Å². The van der Waals surface area contributed by atoms with Gasteiger partial charge in [0.05, 0.1) is 12.8 Å². The molecule has 170 valence electrons. The van der Waals surface area contributed by atoms with Gasteiger partial charge in [-0.2, -0.15) is 0 Å². The van der Waals surface area contributed by atoms with Gasteiger partial charge in [-0.05, 0) is 29.8 Å². The van der Waals surface area contributed by atoms with E-state index in [0.717, 1.165) is 11.1 Å². The number of ether oxygens (including phenoxy) is 1. The summed E-state index contributed by atoms with van der Waals surface area (Å²) in [6.07, 6.45) is 1.91. The first-order valence-electron chi connectivity index (χ1n) is 10.8. The Kier molecular flexibility index (Phi) is 7.25. The summed E-state index contributed by atoms with van der Waals surface area (Å²) in [5.41, 5.74) is 3.81. The van der Waals surface area contributed by atoms with E-state index in [2.05, 4.69) is 20.6 Å². The molecule has 34 heavy (non-hydrogen) atoms. The second kappa shape index (κ2) is 10.9. The van der Waals surface area contributed by atoms with Crippen LogP contribution in [-0.2, 0) is 16.0 Å². The molecule has 0 saturated heterocycles. The molecule has 1 aromatic heterocycles. The molecular formula is C27H24N4O3. The standard InChI is InChI=1S/C27H24N4O3/c1-34-27(33)24(16-19-8-4-2-5-9-19)31-25-17-23(28-18-29-25)20-12-14-22(15-13-20)30-26(32)21-10-6-3-7-11-21/h2-15,17-18,24H,16H2,1H3,(H,30,32)(H,28,29,31). The summed E-state index contributed by atoms with van der Waals surface area (Å²) in [5.74, 6) is -0.0329. The normalized spacial score (nSPS) is 11.3. The number of carbonyl (C=O) groups is 2. The first-order chi connectivity index (χ1) is 16.6. The van der Waals surface area contributed by atoms with E-state index in [4.69, 9.17) is 4.74 Å². The molecule has 0 fully saturated rings. The van der Waals surface area contributed by atoms with Crippen LogP contribution < -0.4 is 10.6 Å². The van der Waals surface area contributed by atoms with Crippen LogP contribution in [0.2, 0.25) is 0 Å². The molecule has 0 spiro atoms. The van der Waals surface area contributed by atoms with Crippen LogP contribution in [0.4, 0.5) is 11.5 Å². The number of methoxy groups -OCH3 is 1. The molecule has 0 saturated carbocycles. The molecule has 1 unspecified atom stereocenters. The number of esters is 1. The minimum Gasteiger partial charge on any atom is -0.467 e. The lowest BCUT2D eigenvalue weighted by Gasteiger charge is -2.17. The molecule has 0 aliphatic carbocycles. The molecule has 4 rings (SSSR count). The molecule has 1 heterocycles. The van der Waals surface area contributed by atoms with Crippen molar-refractivity contribution in [1.29, 1.82) is 0 Å². The van der Waals surface area contributed by atoms with Crippen molar-refractivity contribution in [1.82, 2.24) is 9.97 Å². The molecule has 4 aromatic rings. The number of hydrogen-bond donors (Lipinski definition) is 2. The van der Waals surface area contributed by atoms with Gasteiger partial charge in [-0.15, -0.1) is 0 Å². The van der Waals surface area contributed by atoms with E-state index in [1.807, 2.05) is 72.8 Å². The molecule has 1 atom stereocenters. The highest BCUT2D eigenvalue weighted by atomic mass is 16.5. The highest BCUT2D eigenvalue weighted by Gasteiger charge is 2.20. The third-order valence-corrected chi connectivity index (χ3v) is 5.23. The van der Waals surface area contributed by atoms with Crippen molar-refractivity contribution in [3.63, 3.8) is 0 Å². The van der Waals surface area contributed by atoms with Crippen LogP contribution in [0.1, 0.15) is 15.9 Å². The average molecular weight is 453 g/mol. The first kappa shape index (κ1) is 22.7. The number of carbonyl (C=O) groups excluding carboxylic acids is 2. The lowest BCUT2D eigenvalue weighted by Crippen LogP contribution is -2.33. The number of rotatable bonds is 8. The van der Waals surface area contributed by atoms with Crippen LogP contribution >= 0.6 is 0 Å². The second-order valence-corrected chi connectivity index (χ2v) is 7.60. The van der Waals surface area contributed by atoms with Crippen molar-refractivity contribution in [2.75, 3.05) is 17.7 Å². The SMILES string of the molecule is COC(=O)C(Cc1ccccc1)Nc1cc(-c2ccc(NC(=O)c3ccccc3)cc2)ncn1. The summed E-state index contributed by atoms with van der Waals surface area (Å²) in [6, 6.07) is 27.3. The molecule has 1 amide bonds. The molecule has 0 aliphatic rings. The maximum absolute atomic E-state index is 12.3. The van der Waals surface area contributed by atoms with Crippen LogP contribution in [0, 0.1) is 0 Å². The summed E-state index contributed by atoms with van der Waals surface area (Å²) in [6.45, 7) is 0. The number of aromatic nitrogens is 2. The predicted molar refractivity (Wildman–Crippen MR) is 131 cm³/mol. The molecule has 7 nitrogen and oxygen atoms in total. The smallest absolute Gasteiger partial charge is 0.328 e. The van der Waals surface area contributed by atoms with E-state index in [0.29, 0.717) is 29.2 Å². The lowest BCUT2D eigenvalue weighted by atomic mass is 10.1. The van der Waals surface area contributed by atoms with Crippen molar-refractivity contribution in [2.24, 2.45) is 0 Å². The van der Waals surface area contributed by atoms with Gasteiger partial charge in [-0.1, -0.05) is 60.7 Å². The van der Waals surface area contributed by atoms with Crippen LogP contribution in [0.3, 0.4) is 0 Å². The summed E-state index contributed by atoms with van der Waals surface area (Å²) in [5, 5.41) is 6.04. The largest absolute Gasteiger partial charge is 0.467 e. The Balaban J connectivity index is 1.47. The minimum absolute atomic E-state index is 0.172. The van der Waals surface area contributed by atoms with Gasteiger partial charge in [0.1, 0.15) is 18.2 Å². The second-order valence-electron chi connectivity index (χ2n) is 7.60. The Morgan fingerprint density at radius 3 is 2.24 bits per heavy atom. The number of amides is 1. The fourth-order valence-electron chi connectivity index (χ4n) is 3.48. The Hall–Kier alpha value is -4.52. The van der Waals surface area contributed by atoms with Gasteiger partial charge < -0.3 is 15.4 Å². The zero-order chi connectivity index (χ0) is 23.8. The number of benzene rings is 3. The lowest BCUT2D eigenvalue weighted by molar-refractivity contribution is -0.141. The van der Waals surface area contributed by atoms with Crippen LogP contribution in [0.5, 0.6) is 0 Å². The summed E-state index contributed by atoms with van der Waals surface area (Å²) in [4.78, 5) is 33.3. The predicted octanol–water partition coefficient (Wildman–Crippen LogP) is 4.59. The van der Waals surface area contributed by atoms with Crippen molar-refractivity contribution in [2.45, 2.75) is 12.5 Å². The van der Waals surface area contributed by atoms with E-state index < -0.39 is 6.04 Å². The van der Waals surface area contributed by atoms with Gasteiger partial charge in [0.2, 0.25) is 0 Å².